The number of aromatic nitrogens is 1. The van der Waals surface area contributed by atoms with Crippen molar-refractivity contribution >= 4 is 65.6 Å². The van der Waals surface area contributed by atoms with Gasteiger partial charge in [0.1, 0.15) is 15.5 Å². The molecule has 3 heterocycles. The third kappa shape index (κ3) is 4.15. The van der Waals surface area contributed by atoms with Crippen LogP contribution in [0, 0.1) is 17.6 Å². The van der Waals surface area contributed by atoms with Crippen LogP contribution < -0.4 is 5.32 Å². The summed E-state index contributed by atoms with van der Waals surface area (Å²) in [6.45, 7) is 0.338. The Hall–Kier alpha value is -1.66. The van der Waals surface area contributed by atoms with Crippen molar-refractivity contribution in [3.8, 4) is 0 Å². The number of carbonyl (C=O) groups excluding carboxylic acids is 1. The number of hydrogen-bond acceptors (Lipinski definition) is 6. The average Bonchev–Trinajstić information content (AvgIpc) is 3.28. The maximum atomic E-state index is 13.8. The Kier molecular flexibility index (Phi) is 5.60. The fourth-order valence-corrected chi connectivity index (χ4v) is 7.23. The first-order valence-electron chi connectivity index (χ1n) is 8.56. The molecule has 1 aliphatic heterocycles. The molecule has 29 heavy (non-hydrogen) atoms. The Morgan fingerprint density at radius 1 is 1.28 bits per heavy atom. The second kappa shape index (κ2) is 7.88. The Morgan fingerprint density at radius 3 is 2.79 bits per heavy atom. The van der Waals surface area contributed by atoms with Crippen molar-refractivity contribution in [1.29, 1.82) is 0 Å². The lowest BCUT2D eigenvalue weighted by Crippen LogP contribution is -2.43. The van der Waals surface area contributed by atoms with Crippen molar-refractivity contribution in [2.45, 2.75) is 17.1 Å². The van der Waals surface area contributed by atoms with E-state index < -0.39 is 33.5 Å². The number of piperidine rings is 1. The van der Waals surface area contributed by atoms with Gasteiger partial charge in [-0.25, -0.2) is 22.2 Å². The van der Waals surface area contributed by atoms with Crippen LogP contribution in [0.4, 0.5) is 13.9 Å². The van der Waals surface area contributed by atoms with Crippen LogP contribution >= 0.6 is 34.3 Å². The molecule has 0 saturated carbocycles. The van der Waals surface area contributed by atoms with Gasteiger partial charge in [0.15, 0.2) is 10.9 Å². The summed E-state index contributed by atoms with van der Waals surface area (Å²) in [5, 5.41) is 2.74. The number of thiophene rings is 1. The summed E-state index contributed by atoms with van der Waals surface area (Å²) in [6.07, 6.45) is 1.03. The number of benzene rings is 1. The van der Waals surface area contributed by atoms with E-state index in [2.05, 4.69) is 10.3 Å². The minimum absolute atomic E-state index is 0.0193. The van der Waals surface area contributed by atoms with E-state index in [1.54, 1.807) is 0 Å². The van der Waals surface area contributed by atoms with E-state index in [-0.39, 0.29) is 26.1 Å². The molecule has 0 aliphatic carbocycles. The minimum Gasteiger partial charge on any atom is -0.302 e. The van der Waals surface area contributed by atoms with Crippen LogP contribution in [0.1, 0.15) is 12.8 Å². The second-order valence-electron chi connectivity index (χ2n) is 6.50. The predicted octanol–water partition coefficient (Wildman–Crippen LogP) is 4.33. The van der Waals surface area contributed by atoms with Gasteiger partial charge in [-0.1, -0.05) is 22.9 Å². The number of nitrogens with one attached hydrogen (secondary N) is 1. The van der Waals surface area contributed by atoms with Gasteiger partial charge in [0.05, 0.1) is 15.0 Å². The Morgan fingerprint density at radius 2 is 2.07 bits per heavy atom. The monoisotopic (exact) mass is 477 g/mol. The number of halogens is 3. The number of sulfonamides is 1. The predicted molar refractivity (Wildman–Crippen MR) is 109 cm³/mol. The van der Waals surface area contributed by atoms with E-state index in [1.807, 2.05) is 0 Å². The van der Waals surface area contributed by atoms with E-state index in [0.717, 1.165) is 34.8 Å². The molecule has 1 N–H and O–H groups in total. The average molecular weight is 478 g/mol. The molecule has 0 bridgehead atoms. The summed E-state index contributed by atoms with van der Waals surface area (Å²) in [6, 6.07) is 4.84. The molecule has 154 valence electrons. The first kappa shape index (κ1) is 20.6. The molecular weight excluding hydrogens is 464 g/mol. The fourth-order valence-electron chi connectivity index (χ4n) is 3.16. The summed E-state index contributed by atoms with van der Waals surface area (Å²) in [5.41, 5.74) is -0.0193. The minimum atomic E-state index is -3.73. The molecular formula is C17H14ClF2N3O3S3. The molecule has 1 unspecified atom stereocenters. The van der Waals surface area contributed by atoms with Crippen LogP contribution in [0.25, 0.3) is 10.2 Å². The number of anilines is 1. The molecule has 1 aromatic carbocycles. The number of fused-ring (bicyclic) bond motifs is 1. The molecule has 3 aromatic rings. The molecule has 4 rings (SSSR count). The molecule has 0 radical (unpaired) electrons. The maximum absolute atomic E-state index is 13.8. The highest BCUT2D eigenvalue weighted by Gasteiger charge is 2.34. The van der Waals surface area contributed by atoms with Crippen LogP contribution in [-0.4, -0.2) is 36.7 Å². The van der Waals surface area contributed by atoms with Crippen LogP contribution in [0.2, 0.25) is 4.34 Å². The molecule has 6 nitrogen and oxygen atoms in total. The lowest BCUT2D eigenvalue weighted by atomic mass is 9.99. The van der Waals surface area contributed by atoms with Crippen molar-refractivity contribution in [2.24, 2.45) is 5.92 Å². The molecule has 2 aromatic heterocycles. The summed E-state index contributed by atoms with van der Waals surface area (Å²) in [4.78, 5) is 16.7. The van der Waals surface area contributed by atoms with Crippen LogP contribution in [-0.2, 0) is 14.8 Å². The highest BCUT2D eigenvalue weighted by Crippen LogP contribution is 2.32. The summed E-state index contributed by atoms with van der Waals surface area (Å²) in [5.74, 6) is -2.52. The van der Waals surface area contributed by atoms with E-state index in [1.165, 1.54) is 16.4 Å². The summed E-state index contributed by atoms with van der Waals surface area (Å²) < 4.78 is 54.7. The van der Waals surface area contributed by atoms with Crippen LogP contribution in [0.5, 0.6) is 0 Å². The zero-order valence-electron chi connectivity index (χ0n) is 14.7. The Balaban J connectivity index is 1.50. The zero-order chi connectivity index (χ0) is 20.8. The van der Waals surface area contributed by atoms with Gasteiger partial charge in [-0.05, 0) is 31.0 Å². The van der Waals surface area contributed by atoms with Gasteiger partial charge >= 0.3 is 0 Å². The summed E-state index contributed by atoms with van der Waals surface area (Å²) >= 11 is 7.77. The molecule has 1 atom stereocenters. The molecule has 1 saturated heterocycles. The Labute approximate surface area is 178 Å². The highest BCUT2D eigenvalue weighted by atomic mass is 35.5. The highest BCUT2D eigenvalue weighted by molar-refractivity contribution is 7.91. The molecule has 1 aliphatic rings. The van der Waals surface area contributed by atoms with E-state index in [4.69, 9.17) is 11.6 Å². The topological polar surface area (TPSA) is 79.4 Å². The largest absolute Gasteiger partial charge is 0.302 e. The SMILES string of the molecule is O=C(Nc1nc2c(F)cc(F)cc2s1)C1CCCN(S(=O)(=O)c2ccc(Cl)s2)C1. The van der Waals surface area contributed by atoms with Crippen LogP contribution in [0.15, 0.2) is 28.5 Å². The van der Waals surface area contributed by atoms with Crippen molar-refractivity contribution in [1.82, 2.24) is 9.29 Å². The van der Waals surface area contributed by atoms with Crippen LogP contribution in [0.3, 0.4) is 0 Å². The van der Waals surface area contributed by atoms with Crippen molar-refractivity contribution < 1.29 is 22.0 Å². The first-order chi connectivity index (χ1) is 13.7. The van der Waals surface area contributed by atoms with Crippen molar-refractivity contribution in [2.75, 3.05) is 18.4 Å². The fraction of sp³-hybridized carbons (Fsp3) is 0.294. The van der Waals surface area contributed by atoms with Gasteiger partial charge in [-0.3, -0.25) is 4.79 Å². The smallest absolute Gasteiger partial charge is 0.252 e. The normalized spacial score (nSPS) is 18.2. The first-order valence-corrected chi connectivity index (χ1v) is 12.0. The van der Waals surface area contributed by atoms with Gasteiger partial charge in [0, 0.05) is 19.2 Å². The maximum Gasteiger partial charge on any atom is 0.252 e. The van der Waals surface area contributed by atoms with E-state index >= 15 is 0 Å². The number of carbonyl (C=O) groups is 1. The van der Waals surface area contributed by atoms with Crippen molar-refractivity contribution in [3.63, 3.8) is 0 Å². The third-order valence-electron chi connectivity index (χ3n) is 4.54. The Bertz CT molecular complexity index is 1200. The number of nitrogens with zero attached hydrogens (tertiary/aromatic N) is 2. The van der Waals surface area contributed by atoms with Gasteiger partial charge in [0.2, 0.25) is 5.91 Å². The lowest BCUT2D eigenvalue weighted by Gasteiger charge is -2.30. The molecule has 0 spiro atoms. The number of amides is 1. The van der Waals surface area contributed by atoms with Gasteiger partial charge in [0.25, 0.3) is 10.0 Å². The van der Waals surface area contributed by atoms with E-state index in [9.17, 15) is 22.0 Å². The second-order valence-corrected chi connectivity index (χ2v) is 11.4. The van der Waals surface area contributed by atoms with E-state index in [0.29, 0.717) is 23.7 Å². The third-order valence-corrected chi connectivity index (χ3v) is 9.02. The number of hydrogen-bond donors (Lipinski definition) is 1. The zero-order valence-corrected chi connectivity index (χ0v) is 17.9. The molecule has 1 fully saturated rings. The number of rotatable bonds is 4. The summed E-state index contributed by atoms with van der Waals surface area (Å²) in [7, 11) is -3.73. The van der Waals surface area contributed by atoms with Crippen molar-refractivity contribution in [3.05, 3.63) is 40.2 Å². The molecule has 1 amide bonds. The van der Waals surface area contributed by atoms with Gasteiger partial charge < -0.3 is 5.32 Å². The van der Waals surface area contributed by atoms with Gasteiger partial charge in [-0.2, -0.15) is 4.31 Å². The lowest BCUT2D eigenvalue weighted by molar-refractivity contribution is -0.120. The van der Waals surface area contributed by atoms with Gasteiger partial charge in [-0.15, -0.1) is 11.3 Å². The standard InChI is InChI=1S/C17H14ClF2N3O3S3/c18-13-3-4-14(28-13)29(25,26)23-5-1-2-9(8-23)16(24)22-17-21-15-11(20)6-10(19)7-12(15)27-17/h3-4,6-7,9H,1-2,5,8H2,(H,21,22,24). The quantitative estimate of drug-likeness (QED) is 0.606. The molecule has 12 heteroatoms. The number of thiazole rings is 1.